The lowest BCUT2D eigenvalue weighted by atomic mass is 10.2. The molecule has 1 heterocycles. The Kier molecular flexibility index (Phi) is 3.53. The van der Waals surface area contributed by atoms with Crippen molar-refractivity contribution in [1.29, 1.82) is 0 Å². The summed E-state index contributed by atoms with van der Waals surface area (Å²) in [6.07, 6.45) is 0.647. The zero-order valence-corrected chi connectivity index (χ0v) is 10.6. The highest BCUT2D eigenvalue weighted by molar-refractivity contribution is 7.93. The summed E-state index contributed by atoms with van der Waals surface area (Å²) >= 11 is 0. The number of hydrogen-bond acceptors (Lipinski definition) is 4. The van der Waals surface area contributed by atoms with Crippen molar-refractivity contribution in [3.63, 3.8) is 0 Å². The van der Waals surface area contributed by atoms with E-state index in [2.05, 4.69) is 5.32 Å². The van der Waals surface area contributed by atoms with Crippen LogP contribution >= 0.6 is 0 Å². The standard InChI is InChI=1S/C11H15N3O3S/c12-8-11(15)13-9-2-4-10(5-3-9)14-6-1-7-18(14,16)17/h2-5H,1,6-8,12H2,(H,13,15). The third-order valence-electron chi connectivity index (χ3n) is 2.72. The van der Waals surface area contributed by atoms with Gasteiger partial charge in [-0.1, -0.05) is 0 Å². The first-order valence-electron chi connectivity index (χ1n) is 5.63. The molecule has 0 aliphatic carbocycles. The Hall–Kier alpha value is -1.60. The van der Waals surface area contributed by atoms with E-state index in [1.54, 1.807) is 24.3 Å². The van der Waals surface area contributed by atoms with Crippen LogP contribution in [0.3, 0.4) is 0 Å². The van der Waals surface area contributed by atoms with Crippen LogP contribution in [-0.4, -0.2) is 33.2 Å². The monoisotopic (exact) mass is 269 g/mol. The lowest BCUT2D eigenvalue weighted by Crippen LogP contribution is -2.25. The number of hydrogen-bond donors (Lipinski definition) is 2. The van der Waals surface area contributed by atoms with Crippen molar-refractivity contribution in [3.05, 3.63) is 24.3 Å². The minimum atomic E-state index is -3.15. The van der Waals surface area contributed by atoms with E-state index in [1.807, 2.05) is 0 Å². The first-order chi connectivity index (χ1) is 8.53. The van der Waals surface area contributed by atoms with Gasteiger partial charge >= 0.3 is 0 Å². The molecular weight excluding hydrogens is 254 g/mol. The molecule has 6 nitrogen and oxygen atoms in total. The molecule has 0 radical (unpaired) electrons. The molecule has 0 spiro atoms. The van der Waals surface area contributed by atoms with Crippen molar-refractivity contribution < 1.29 is 13.2 Å². The zero-order chi connectivity index (χ0) is 13.2. The maximum Gasteiger partial charge on any atom is 0.238 e. The number of nitrogens with zero attached hydrogens (tertiary/aromatic N) is 1. The van der Waals surface area contributed by atoms with Crippen LogP contribution in [0.25, 0.3) is 0 Å². The van der Waals surface area contributed by atoms with Gasteiger partial charge in [0.2, 0.25) is 15.9 Å². The Bertz CT molecular complexity index is 539. The van der Waals surface area contributed by atoms with Gasteiger partial charge in [-0.15, -0.1) is 0 Å². The Morgan fingerprint density at radius 3 is 2.50 bits per heavy atom. The smallest absolute Gasteiger partial charge is 0.238 e. The van der Waals surface area contributed by atoms with Crippen molar-refractivity contribution in [1.82, 2.24) is 0 Å². The fourth-order valence-corrected chi connectivity index (χ4v) is 3.42. The van der Waals surface area contributed by atoms with E-state index in [0.717, 1.165) is 0 Å². The Morgan fingerprint density at radius 2 is 2.00 bits per heavy atom. The summed E-state index contributed by atoms with van der Waals surface area (Å²) < 4.78 is 24.8. The predicted octanol–water partition coefficient (Wildman–Crippen LogP) is 0.124. The van der Waals surface area contributed by atoms with E-state index < -0.39 is 10.0 Å². The third-order valence-corrected chi connectivity index (χ3v) is 4.59. The molecule has 0 bridgehead atoms. The van der Waals surface area contributed by atoms with Gasteiger partial charge in [0, 0.05) is 12.2 Å². The minimum absolute atomic E-state index is 0.0811. The second-order valence-corrected chi connectivity index (χ2v) is 6.05. The number of benzene rings is 1. The molecule has 1 fully saturated rings. The number of anilines is 2. The summed E-state index contributed by atoms with van der Waals surface area (Å²) in [6.45, 7) is 0.430. The summed E-state index contributed by atoms with van der Waals surface area (Å²) in [5, 5.41) is 2.60. The third kappa shape index (κ3) is 2.62. The minimum Gasteiger partial charge on any atom is -0.325 e. The fourth-order valence-electron chi connectivity index (χ4n) is 1.85. The summed E-state index contributed by atoms with van der Waals surface area (Å²) in [5.41, 5.74) is 6.41. The van der Waals surface area contributed by atoms with Crippen LogP contribution in [-0.2, 0) is 14.8 Å². The highest BCUT2D eigenvalue weighted by Gasteiger charge is 2.28. The first-order valence-corrected chi connectivity index (χ1v) is 7.24. The topological polar surface area (TPSA) is 92.5 Å². The number of rotatable bonds is 3. The molecular formula is C11H15N3O3S. The summed E-state index contributed by atoms with van der Waals surface area (Å²) in [5.74, 6) is -0.0879. The van der Waals surface area contributed by atoms with E-state index in [1.165, 1.54) is 4.31 Å². The molecule has 0 unspecified atom stereocenters. The van der Waals surface area contributed by atoms with Gasteiger partial charge in [0.25, 0.3) is 0 Å². The van der Waals surface area contributed by atoms with Crippen LogP contribution in [0.1, 0.15) is 6.42 Å². The molecule has 1 aromatic rings. The van der Waals surface area contributed by atoms with Crippen molar-refractivity contribution in [3.8, 4) is 0 Å². The molecule has 1 saturated heterocycles. The SMILES string of the molecule is NCC(=O)Nc1ccc(N2CCCS2(=O)=O)cc1. The number of carbonyl (C=O) groups excluding carboxylic acids is 1. The van der Waals surface area contributed by atoms with Crippen LogP contribution in [0.5, 0.6) is 0 Å². The number of nitrogens with one attached hydrogen (secondary N) is 1. The van der Waals surface area contributed by atoms with Gasteiger partial charge in [0.15, 0.2) is 0 Å². The maximum atomic E-state index is 11.7. The molecule has 7 heteroatoms. The molecule has 1 amide bonds. The predicted molar refractivity (Wildman–Crippen MR) is 69.9 cm³/mol. The van der Waals surface area contributed by atoms with Gasteiger partial charge in [-0.25, -0.2) is 8.42 Å². The average molecular weight is 269 g/mol. The van der Waals surface area contributed by atoms with E-state index in [9.17, 15) is 13.2 Å². The van der Waals surface area contributed by atoms with Crippen LogP contribution in [0, 0.1) is 0 Å². The molecule has 3 N–H and O–H groups in total. The van der Waals surface area contributed by atoms with Crippen molar-refractivity contribution >= 4 is 27.3 Å². The Labute approximate surface area is 106 Å². The normalized spacial score (nSPS) is 17.7. The first kappa shape index (κ1) is 12.8. The fraction of sp³-hybridized carbons (Fsp3) is 0.364. The van der Waals surface area contributed by atoms with Crippen LogP contribution in [0.15, 0.2) is 24.3 Å². The highest BCUT2D eigenvalue weighted by Crippen LogP contribution is 2.25. The van der Waals surface area contributed by atoms with E-state index >= 15 is 0 Å². The molecule has 0 saturated carbocycles. The number of sulfonamides is 1. The molecule has 1 aromatic carbocycles. The van der Waals surface area contributed by atoms with Gasteiger partial charge in [-0.3, -0.25) is 9.10 Å². The molecule has 1 aliphatic heterocycles. The van der Waals surface area contributed by atoms with Crippen LogP contribution < -0.4 is 15.4 Å². The molecule has 98 valence electrons. The largest absolute Gasteiger partial charge is 0.325 e. The molecule has 0 atom stereocenters. The molecule has 18 heavy (non-hydrogen) atoms. The van der Waals surface area contributed by atoms with Gasteiger partial charge < -0.3 is 11.1 Å². The van der Waals surface area contributed by atoms with Crippen molar-refractivity contribution in [2.45, 2.75) is 6.42 Å². The lowest BCUT2D eigenvalue weighted by Gasteiger charge is -2.17. The Balaban J connectivity index is 2.15. The van der Waals surface area contributed by atoms with Crippen molar-refractivity contribution in [2.75, 3.05) is 28.5 Å². The second kappa shape index (κ2) is 4.95. The Morgan fingerprint density at radius 1 is 1.33 bits per heavy atom. The van der Waals surface area contributed by atoms with Gasteiger partial charge in [0.05, 0.1) is 18.0 Å². The summed E-state index contributed by atoms with van der Waals surface area (Å²) in [6, 6.07) is 6.68. The average Bonchev–Trinajstić information content (AvgIpc) is 2.70. The highest BCUT2D eigenvalue weighted by atomic mass is 32.2. The number of carbonyl (C=O) groups is 1. The number of amides is 1. The van der Waals surface area contributed by atoms with Gasteiger partial charge in [-0.2, -0.15) is 0 Å². The van der Waals surface area contributed by atoms with Crippen LogP contribution in [0.2, 0.25) is 0 Å². The van der Waals surface area contributed by atoms with E-state index in [0.29, 0.717) is 24.3 Å². The zero-order valence-electron chi connectivity index (χ0n) is 9.80. The lowest BCUT2D eigenvalue weighted by molar-refractivity contribution is -0.114. The maximum absolute atomic E-state index is 11.7. The summed E-state index contributed by atoms with van der Waals surface area (Å²) in [7, 11) is -3.15. The second-order valence-electron chi connectivity index (χ2n) is 4.04. The van der Waals surface area contributed by atoms with Gasteiger partial charge in [0.1, 0.15) is 0 Å². The van der Waals surface area contributed by atoms with E-state index in [-0.39, 0.29) is 18.2 Å². The number of nitrogens with two attached hydrogens (primary N) is 1. The molecule has 1 aliphatic rings. The van der Waals surface area contributed by atoms with Gasteiger partial charge in [-0.05, 0) is 30.7 Å². The van der Waals surface area contributed by atoms with Crippen molar-refractivity contribution in [2.24, 2.45) is 5.73 Å². The summed E-state index contributed by atoms with van der Waals surface area (Å²) in [4.78, 5) is 11.1. The quantitative estimate of drug-likeness (QED) is 0.815. The molecule has 2 rings (SSSR count). The molecule has 0 aromatic heterocycles. The van der Waals surface area contributed by atoms with E-state index in [4.69, 9.17) is 5.73 Å². The van der Waals surface area contributed by atoms with Crippen LogP contribution in [0.4, 0.5) is 11.4 Å².